The first-order valence-corrected chi connectivity index (χ1v) is 13.8. The van der Waals surface area contributed by atoms with Gasteiger partial charge in [0.1, 0.15) is 11.6 Å². The number of nitrogens with zero attached hydrogens (tertiary/aromatic N) is 4. The van der Waals surface area contributed by atoms with Crippen LogP contribution in [0.25, 0.3) is 55.7 Å². The van der Waals surface area contributed by atoms with E-state index in [9.17, 15) is 14.3 Å². The molecule has 5 N–H and O–H groups in total. The highest BCUT2D eigenvalue weighted by Gasteiger charge is 2.18. The second kappa shape index (κ2) is 10.7. The van der Waals surface area contributed by atoms with Gasteiger partial charge in [-0.25, -0.2) is 9.37 Å². The SMILES string of the molecule is O=C(CC1CCNCC1)Nc1cncc(-c2cnc3n[nH]c(-c4cc5c(-c6cc(O)cc(F)c6)nccc5[nH]4)c3c2)c1. The van der Waals surface area contributed by atoms with E-state index in [1.807, 2.05) is 24.3 Å². The number of carbonyl (C=O) groups excluding carboxylic acids is 1. The fourth-order valence-electron chi connectivity index (χ4n) is 5.62. The predicted octanol–water partition coefficient (Wildman–Crippen LogP) is 5.40. The summed E-state index contributed by atoms with van der Waals surface area (Å²) in [6.07, 6.45) is 9.26. The number of halogens is 1. The monoisotopic (exact) mass is 562 g/mol. The standard InChI is InChI=1S/C31H27FN8O2/c32-21-8-18(10-23(41)12-21)29-24-13-27(38-26(24)3-6-35-29)30-25-11-20(15-36-31(25)40-39-30)19-9-22(16-34-14-19)37-28(42)7-17-1-4-33-5-2-17/h3,6,8-17,33,38,41H,1-2,4-5,7H2,(H,37,42)(H,36,39,40). The number of hydrogen-bond acceptors (Lipinski definition) is 7. The maximum Gasteiger partial charge on any atom is 0.224 e. The minimum absolute atomic E-state index is 0.00679. The molecule has 0 spiro atoms. The first-order valence-electron chi connectivity index (χ1n) is 13.8. The topological polar surface area (TPSA) is 144 Å². The average Bonchev–Trinajstić information content (AvgIpc) is 3.61. The van der Waals surface area contributed by atoms with Crippen molar-refractivity contribution >= 4 is 33.5 Å². The Morgan fingerprint density at radius 3 is 2.69 bits per heavy atom. The molecule has 0 aliphatic carbocycles. The maximum absolute atomic E-state index is 14.0. The highest BCUT2D eigenvalue weighted by atomic mass is 19.1. The molecule has 0 saturated carbocycles. The molecule has 1 amide bonds. The van der Waals surface area contributed by atoms with Crippen molar-refractivity contribution < 1.29 is 14.3 Å². The van der Waals surface area contributed by atoms with Crippen LogP contribution >= 0.6 is 0 Å². The van der Waals surface area contributed by atoms with Gasteiger partial charge in [-0.1, -0.05) is 0 Å². The lowest BCUT2D eigenvalue weighted by molar-refractivity contribution is -0.117. The summed E-state index contributed by atoms with van der Waals surface area (Å²) in [6, 6.07) is 11.5. The van der Waals surface area contributed by atoms with Crippen LogP contribution in [0.15, 0.2) is 67.3 Å². The normalized spacial score (nSPS) is 14.0. The molecule has 5 aromatic heterocycles. The Hall–Kier alpha value is -5.16. The number of carbonyl (C=O) groups is 1. The Kier molecular flexibility index (Phi) is 6.55. The number of benzene rings is 1. The van der Waals surface area contributed by atoms with Crippen molar-refractivity contribution in [2.24, 2.45) is 5.92 Å². The molecular weight excluding hydrogens is 535 g/mol. The number of nitrogens with one attached hydrogen (secondary N) is 4. The predicted molar refractivity (Wildman–Crippen MR) is 158 cm³/mol. The molecule has 1 fully saturated rings. The number of phenolic OH excluding ortho intramolecular Hbond substituents is 1. The summed E-state index contributed by atoms with van der Waals surface area (Å²) >= 11 is 0. The van der Waals surface area contributed by atoms with Gasteiger partial charge >= 0.3 is 0 Å². The molecule has 0 unspecified atom stereocenters. The molecule has 7 rings (SSSR count). The molecule has 10 nitrogen and oxygen atoms in total. The third kappa shape index (κ3) is 5.06. The van der Waals surface area contributed by atoms with E-state index in [-0.39, 0.29) is 11.7 Å². The average molecular weight is 563 g/mol. The summed E-state index contributed by atoms with van der Waals surface area (Å²) in [5, 5.41) is 25.3. The zero-order valence-corrected chi connectivity index (χ0v) is 22.5. The summed E-state index contributed by atoms with van der Waals surface area (Å²) in [6.45, 7) is 1.91. The molecule has 210 valence electrons. The quantitative estimate of drug-likeness (QED) is 0.183. The number of anilines is 1. The van der Waals surface area contributed by atoms with Crippen LogP contribution in [-0.2, 0) is 4.79 Å². The van der Waals surface area contributed by atoms with E-state index < -0.39 is 5.82 Å². The Balaban J connectivity index is 1.20. The Morgan fingerprint density at radius 2 is 1.83 bits per heavy atom. The molecule has 6 aromatic rings. The largest absolute Gasteiger partial charge is 0.508 e. The number of aromatic nitrogens is 6. The first kappa shape index (κ1) is 25.8. The van der Waals surface area contributed by atoms with Crippen LogP contribution in [0.1, 0.15) is 19.3 Å². The number of fused-ring (bicyclic) bond motifs is 2. The van der Waals surface area contributed by atoms with Gasteiger partial charge in [0.2, 0.25) is 5.91 Å². The molecule has 1 aliphatic heterocycles. The van der Waals surface area contributed by atoms with Gasteiger partial charge in [-0.2, -0.15) is 5.10 Å². The third-order valence-electron chi connectivity index (χ3n) is 7.67. The lowest BCUT2D eigenvalue weighted by Crippen LogP contribution is -2.30. The van der Waals surface area contributed by atoms with Crippen molar-refractivity contribution in [2.45, 2.75) is 19.3 Å². The number of aromatic hydroxyl groups is 1. The molecule has 0 radical (unpaired) electrons. The fourth-order valence-corrected chi connectivity index (χ4v) is 5.62. The summed E-state index contributed by atoms with van der Waals surface area (Å²) < 4.78 is 14.0. The molecule has 6 heterocycles. The second-order valence-electron chi connectivity index (χ2n) is 10.6. The number of pyridine rings is 3. The number of H-pyrrole nitrogens is 2. The second-order valence-corrected chi connectivity index (χ2v) is 10.6. The van der Waals surface area contributed by atoms with Gasteiger partial charge in [-0.3, -0.25) is 19.9 Å². The number of amides is 1. The molecule has 0 bridgehead atoms. The number of piperidine rings is 1. The van der Waals surface area contributed by atoms with Gasteiger partial charge in [-0.15, -0.1) is 0 Å². The van der Waals surface area contributed by atoms with Gasteiger partial charge < -0.3 is 20.7 Å². The zero-order valence-electron chi connectivity index (χ0n) is 22.5. The number of rotatable bonds is 6. The van der Waals surface area contributed by atoms with Crippen LogP contribution in [0.3, 0.4) is 0 Å². The van der Waals surface area contributed by atoms with Gasteiger partial charge in [0.25, 0.3) is 0 Å². The number of aromatic amines is 2. The molecule has 1 saturated heterocycles. The lowest BCUT2D eigenvalue weighted by Gasteiger charge is -2.21. The van der Waals surface area contributed by atoms with E-state index in [0.717, 1.165) is 70.8 Å². The van der Waals surface area contributed by atoms with Crippen molar-refractivity contribution in [1.29, 1.82) is 0 Å². The Morgan fingerprint density at radius 1 is 0.976 bits per heavy atom. The van der Waals surface area contributed by atoms with E-state index in [2.05, 4.69) is 40.8 Å². The van der Waals surface area contributed by atoms with E-state index in [1.54, 1.807) is 24.8 Å². The van der Waals surface area contributed by atoms with Crippen molar-refractivity contribution in [2.75, 3.05) is 18.4 Å². The first-order chi connectivity index (χ1) is 20.5. The molecular formula is C31H27FN8O2. The molecule has 1 aromatic carbocycles. The Labute approximate surface area is 239 Å². The summed E-state index contributed by atoms with van der Waals surface area (Å²) in [5.41, 5.74) is 6.09. The van der Waals surface area contributed by atoms with E-state index in [0.29, 0.717) is 34.9 Å². The summed E-state index contributed by atoms with van der Waals surface area (Å²) in [7, 11) is 0. The van der Waals surface area contributed by atoms with Crippen LogP contribution in [0.2, 0.25) is 0 Å². The van der Waals surface area contributed by atoms with E-state index >= 15 is 0 Å². The van der Waals surface area contributed by atoms with Crippen molar-refractivity contribution in [3.8, 4) is 39.5 Å². The highest BCUT2D eigenvalue weighted by Crippen LogP contribution is 2.35. The van der Waals surface area contributed by atoms with Crippen LogP contribution in [0.4, 0.5) is 10.1 Å². The van der Waals surface area contributed by atoms with E-state index in [4.69, 9.17) is 0 Å². The van der Waals surface area contributed by atoms with Crippen LogP contribution in [0, 0.1) is 11.7 Å². The van der Waals surface area contributed by atoms with Crippen molar-refractivity contribution in [3.63, 3.8) is 0 Å². The Bertz CT molecular complexity index is 1920. The molecule has 42 heavy (non-hydrogen) atoms. The molecule has 1 aliphatic rings. The van der Waals surface area contributed by atoms with Crippen molar-refractivity contribution in [3.05, 3.63) is 73.1 Å². The highest BCUT2D eigenvalue weighted by molar-refractivity contribution is 6.00. The minimum Gasteiger partial charge on any atom is -0.508 e. The lowest BCUT2D eigenvalue weighted by atomic mass is 9.94. The number of hydrogen-bond donors (Lipinski definition) is 5. The number of phenols is 1. The van der Waals surface area contributed by atoms with Crippen LogP contribution < -0.4 is 10.6 Å². The smallest absolute Gasteiger partial charge is 0.224 e. The van der Waals surface area contributed by atoms with Gasteiger partial charge in [0, 0.05) is 64.1 Å². The molecule has 0 atom stereocenters. The van der Waals surface area contributed by atoms with E-state index in [1.165, 1.54) is 12.1 Å². The van der Waals surface area contributed by atoms with Gasteiger partial charge in [0.05, 0.1) is 29.0 Å². The minimum atomic E-state index is -0.544. The van der Waals surface area contributed by atoms with Gasteiger partial charge in [-0.05, 0) is 68.2 Å². The van der Waals surface area contributed by atoms with Gasteiger partial charge in [0.15, 0.2) is 5.65 Å². The summed E-state index contributed by atoms with van der Waals surface area (Å²) in [4.78, 5) is 29.4. The van der Waals surface area contributed by atoms with Crippen molar-refractivity contribution in [1.82, 2.24) is 35.5 Å². The van der Waals surface area contributed by atoms with Crippen LogP contribution in [-0.4, -0.2) is 54.2 Å². The third-order valence-corrected chi connectivity index (χ3v) is 7.67. The maximum atomic E-state index is 14.0. The van der Waals surface area contributed by atoms with Crippen LogP contribution in [0.5, 0.6) is 5.75 Å². The summed E-state index contributed by atoms with van der Waals surface area (Å²) in [5.74, 6) is -0.325. The molecule has 11 heteroatoms. The fraction of sp³-hybridized carbons (Fsp3) is 0.194. The zero-order chi connectivity index (χ0) is 28.6.